The highest BCUT2D eigenvalue weighted by Crippen LogP contribution is 2.17. The van der Waals surface area contributed by atoms with E-state index in [1.807, 2.05) is 6.92 Å². The molecule has 1 aliphatic rings. The van der Waals surface area contributed by atoms with E-state index in [4.69, 9.17) is 0 Å². The fourth-order valence-electron chi connectivity index (χ4n) is 1.96. The van der Waals surface area contributed by atoms with Gasteiger partial charge in [0.25, 0.3) is 0 Å². The van der Waals surface area contributed by atoms with Gasteiger partial charge in [0.15, 0.2) is 0 Å². The van der Waals surface area contributed by atoms with Gasteiger partial charge >= 0.3 is 0 Å². The number of amides is 1. The van der Waals surface area contributed by atoms with E-state index >= 15 is 0 Å². The van der Waals surface area contributed by atoms with E-state index in [-0.39, 0.29) is 11.9 Å². The van der Waals surface area contributed by atoms with Crippen molar-refractivity contribution in [3.05, 3.63) is 33.0 Å². The van der Waals surface area contributed by atoms with Crippen molar-refractivity contribution in [1.29, 1.82) is 0 Å². The molecule has 98 valence electrons. The Hall–Kier alpha value is -1.13. The average molecular weight is 264 g/mol. The number of hydrogen-bond donors (Lipinski definition) is 2. The van der Waals surface area contributed by atoms with Crippen molar-refractivity contribution in [3.63, 3.8) is 0 Å². The smallest absolute Gasteiger partial charge is 0.247 e. The lowest BCUT2D eigenvalue weighted by Crippen LogP contribution is -2.40. The van der Waals surface area contributed by atoms with E-state index in [9.17, 15) is 4.79 Å². The molecule has 1 saturated heterocycles. The van der Waals surface area contributed by atoms with Gasteiger partial charge in [-0.2, -0.15) is 0 Å². The summed E-state index contributed by atoms with van der Waals surface area (Å²) in [6.45, 7) is 7.79. The molecule has 0 saturated carbocycles. The monoisotopic (exact) mass is 264 g/mol. The molecule has 0 bridgehead atoms. The minimum absolute atomic E-state index is 0.0762. The maximum Gasteiger partial charge on any atom is 0.247 e. The van der Waals surface area contributed by atoms with Crippen molar-refractivity contribution in [3.8, 4) is 0 Å². The zero-order chi connectivity index (χ0) is 13.1. The van der Waals surface area contributed by atoms with Gasteiger partial charge in [0.2, 0.25) is 5.91 Å². The molecule has 1 fully saturated rings. The van der Waals surface area contributed by atoms with Gasteiger partial charge in [-0.1, -0.05) is 0 Å². The van der Waals surface area contributed by atoms with Crippen LogP contribution in [0.2, 0.25) is 0 Å². The summed E-state index contributed by atoms with van der Waals surface area (Å²) < 4.78 is 0. The summed E-state index contributed by atoms with van der Waals surface area (Å²) in [4.78, 5) is 14.6. The van der Waals surface area contributed by atoms with E-state index < -0.39 is 0 Å². The number of thiophene rings is 1. The molecular weight excluding hydrogens is 244 g/mol. The van der Waals surface area contributed by atoms with E-state index in [1.54, 1.807) is 11.3 Å². The third-order valence-corrected chi connectivity index (χ3v) is 4.25. The van der Waals surface area contributed by atoms with Crippen molar-refractivity contribution in [2.24, 2.45) is 0 Å². The predicted molar refractivity (Wildman–Crippen MR) is 75.9 cm³/mol. The molecule has 3 nitrogen and oxygen atoms in total. The van der Waals surface area contributed by atoms with Crippen LogP contribution >= 0.6 is 11.3 Å². The molecular formula is C14H20N2OS. The molecule has 0 aliphatic carbocycles. The third kappa shape index (κ3) is 3.21. The van der Waals surface area contributed by atoms with Crippen LogP contribution in [0.15, 0.2) is 23.3 Å². The van der Waals surface area contributed by atoms with Crippen LogP contribution in [0.3, 0.4) is 0 Å². The van der Waals surface area contributed by atoms with Crippen molar-refractivity contribution in [2.75, 3.05) is 13.1 Å². The highest BCUT2D eigenvalue weighted by molar-refractivity contribution is 7.11. The molecule has 1 aromatic rings. The fourth-order valence-corrected chi connectivity index (χ4v) is 2.97. The van der Waals surface area contributed by atoms with Gasteiger partial charge < -0.3 is 10.6 Å². The number of carbonyl (C=O) groups excluding carboxylic acids is 1. The SMILES string of the molecule is CC(C(=O)NC(C)Cc1ccc(C)s1)=C1CNC1. The van der Waals surface area contributed by atoms with Crippen molar-refractivity contribution >= 4 is 17.2 Å². The van der Waals surface area contributed by atoms with Crippen LogP contribution in [0.1, 0.15) is 23.6 Å². The molecule has 0 spiro atoms. The second-order valence-corrected chi connectivity index (χ2v) is 6.30. The van der Waals surface area contributed by atoms with Gasteiger partial charge in [-0.3, -0.25) is 4.79 Å². The Labute approximate surface area is 112 Å². The van der Waals surface area contributed by atoms with Gasteiger partial charge in [0, 0.05) is 40.9 Å². The van der Waals surface area contributed by atoms with E-state index in [0.717, 1.165) is 25.1 Å². The molecule has 1 amide bonds. The summed E-state index contributed by atoms with van der Waals surface area (Å²) in [7, 11) is 0. The summed E-state index contributed by atoms with van der Waals surface area (Å²) in [5.41, 5.74) is 2.11. The van der Waals surface area contributed by atoms with Crippen LogP contribution in [-0.2, 0) is 11.2 Å². The van der Waals surface area contributed by atoms with Crippen LogP contribution in [0.25, 0.3) is 0 Å². The molecule has 1 aromatic heterocycles. The van der Waals surface area contributed by atoms with Crippen molar-refractivity contribution in [2.45, 2.75) is 33.2 Å². The Kier molecular flexibility index (Phi) is 4.19. The molecule has 2 N–H and O–H groups in total. The summed E-state index contributed by atoms with van der Waals surface area (Å²) in [5.74, 6) is 0.0762. The molecule has 18 heavy (non-hydrogen) atoms. The topological polar surface area (TPSA) is 41.1 Å². The van der Waals surface area contributed by atoms with E-state index in [2.05, 4.69) is 36.6 Å². The molecule has 0 radical (unpaired) electrons. The van der Waals surface area contributed by atoms with Gasteiger partial charge in [0.1, 0.15) is 0 Å². The summed E-state index contributed by atoms with van der Waals surface area (Å²) >= 11 is 1.80. The molecule has 0 aromatic carbocycles. The minimum Gasteiger partial charge on any atom is -0.350 e. The number of hydrogen-bond acceptors (Lipinski definition) is 3. The number of nitrogens with one attached hydrogen (secondary N) is 2. The average Bonchev–Trinajstić information content (AvgIpc) is 2.60. The lowest BCUT2D eigenvalue weighted by atomic mass is 10.0. The first-order chi connectivity index (χ1) is 8.56. The first-order valence-corrected chi connectivity index (χ1v) is 7.13. The standard InChI is InChI=1S/C14H20N2OS/c1-9(6-13-5-4-10(2)18-13)16-14(17)11(3)12-7-15-8-12/h4-5,9,15H,6-8H2,1-3H3,(H,16,17). The highest BCUT2D eigenvalue weighted by Gasteiger charge is 2.17. The van der Waals surface area contributed by atoms with E-state index in [0.29, 0.717) is 0 Å². The van der Waals surface area contributed by atoms with Crippen LogP contribution in [0, 0.1) is 6.92 Å². The first-order valence-electron chi connectivity index (χ1n) is 6.32. The molecule has 2 rings (SSSR count). The summed E-state index contributed by atoms with van der Waals surface area (Å²) in [6.07, 6.45) is 0.908. The Balaban J connectivity index is 1.87. The zero-order valence-corrected chi connectivity index (χ0v) is 12.0. The molecule has 4 heteroatoms. The molecule has 1 unspecified atom stereocenters. The maximum atomic E-state index is 12.0. The highest BCUT2D eigenvalue weighted by atomic mass is 32.1. The van der Waals surface area contributed by atoms with Crippen LogP contribution < -0.4 is 10.6 Å². The van der Waals surface area contributed by atoms with Crippen molar-refractivity contribution < 1.29 is 4.79 Å². The molecule has 1 aliphatic heterocycles. The second kappa shape index (κ2) is 5.67. The minimum atomic E-state index is 0.0762. The largest absolute Gasteiger partial charge is 0.350 e. The number of carbonyl (C=O) groups is 1. The maximum absolute atomic E-state index is 12.0. The summed E-state index contributed by atoms with van der Waals surface area (Å²) in [6, 6.07) is 4.45. The Bertz CT molecular complexity index is 470. The van der Waals surface area contributed by atoms with Gasteiger partial charge in [-0.25, -0.2) is 0 Å². The number of aryl methyl sites for hydroxylation is 1. The van der Waals surface area contributed by atoms with Crippen LogP contribution in [-0.4, -0.2) is 25.0 Å². The van der Waals surface area contributed by atoms with E-state index in [1.165, 1.54) is 15.3 Å². The Morgan fingerprint density at radius 1 is 1.50 bits per heavy atom. The van der Waals surface area contributed by atoms with Crippen LogP contribution in [0.5, 0.6) is 0 Å². The molecule has 2 heterocycles. The fraction of sp³-hybridized carbons (Fsp3) is 0.500. The lowest BCUT2D eigenvalue weighted by Gasteiger charge is -2.22. The number of rotatable bonds is 4. The zero-order valence-electron chi connectivity index (χ0n) is 11.2. The normalized spacial score (nSPS) is 16.1. The quantitative estimate of drug-likeness (QED) is 0.817. The van der Waals surface area contributed by atoms with Gasteiger partial charge in [-0.15, -0.1) is 11.3 Å². The third-order valence-electron chi connectivity index (χ3n) is 3.23. The van der Waals surface area contributed by atoms with Crippen LogP contribution in [0.4, 0.5) is 0 Å². The van der Waals surface area contributed by atoms with Gasteiger partial charge in [-0.05, 0) is 38.5 Å². The lowest BCUT2D eigenvalue weighted by molar-refractivity contribution is -0.118. The first kappa shape index (κ1) is 13.3. The molecule has 1 atom stereocenters. The summed E-state index contributed by atoms with van der Waals surface area (Å²) in [5, 5.41) is 6.23. The second-order valence-electron chi connectivity index (χ2n) is 4.92. The Morgan fingerprint density at radius 3 is 2.72 bits per heavy atom. The van der Waals surface area contributed by atoms with Gasteiger partial charge in [0.05, 0.1) is 0 Å². The van der Waals surface area contributed by atoms with Crippen molar-refractivity contribution in [1.82, 2.24) is 10.6 Å². The predicted octanol–water partition coefficient (Wildman–Crippen LogP) is 2.02. The Morgan fingerprint density at radius 2 is 2.22 bits per heavy atom.